The van der Waals surface area contributed by atoms with Crippen LogP contribution in [-0.4, -0.2) is 18.5 Å². The van der Waals surface area contributed by atoms with Gasteiger partial charge in [0.15, 0.2) is 5.78 Å². The average Bonchev–Trinajstić information content (AvgIpc) is 2.88. The lowest BCUT2D eigenvalue weighted by molar-refractivity contribution is -0.147. The summed E-state index contributed by atoms with van der Waals surface area (Å²) in [6.07, 6.45) is 5.60. The van der Waals surface area contributed by atoms with Gasteiger partial charge in [0, 0.05) is 18.4 Å². The number of carbonyl (C=O) groups excluding carboxylic acids is 1. The summed E-state index contributed by atoms with van der Waals surface area (Å²) in [7, 11) is 1.70. The minimum Gasteiger partial charge on any atom is -0.370 e. The van der Waals surface area contributed by atoms with Gasteiger partial charge in [0.2, 0.25) is 0 Å². The number of ketones is 1. The summed E-state index contributed by atoms with van der Waals surface area (Å²) in [4.78, 5) is 13.8. The SMILES string of the molecule is COC1(C(=O)CCc2cccs2)CCCC(C)C1. The fourth-order valence-corrected chi connectivity index (χ4v) is 3.68. The highest BCUT2D eigenvalue weighted by Crippen LogP contribution is 2.36. The van der Waals surface area contributed by atoms with Gasteiger partial charge < -0.3 is 4.74 Å². The van der Waals surface area contributed by atoms with E-state index in [4.69, 9.17) is 4.74 Å². The number of methoxy groups -OCH3 is 1. The molecule has 3 heteroatoms. The van der Waals surface area contributed by atoms with Crippen LogP contribution in [0.1, 0.15) is 43.9 Å². The maximum atomic E-state index is 12.5. The van der Waals surface area contributed by atoms with E-state index in [9.17, 15) is 4.79 Å². The molecule has 18 heavy (non-hydrogen) atoms. The third-order valence-corrected chi connectivity index (χ3v) is 4.97. The maximum Gasteiger partial charge on any atom is 0.164 e. The van der Waals surface area contributed by atoms with Crippen LogP contribution in [0.2, 0.25) is 0 Å². The third kappa shape index (κ3) is 3.01. The average molecular weight is 266 g/mol. The van der Waals surface area contributed by atoms with Crippen LogP contribution in [0.3, 0.4) is 0 Å². The molecule has 0 radical (unpaired) electrons. The van der Waals surface area contributed by atoms with Crippen LogP contribution < -0.4 is 0 Å². The second-order valence-corrected chi connectivity index (χ2v) is 6.43. The van der Waals surface area contributed by atoms with Gasteiger partial charge in [-0.2, -0.15) is 0 Å². The summed E-state index contributed by atoms with van der Waals surface area (Å²) in [6, 6.07) is 4.14. The van der Waals surface area contributed by atoms with E-state index in [0.717, 1.165) is 25.7 Å². The fourth-order valence-electron chi connectivity index (χ4n) is 2.97. The number of carbonyl (C=O) groups is 1. The number of rotatable bonds is 5. The van der Waals surface area contributed by atoms with Gasteiger partial charge in [-0.15, -0.1) is 11.3 Å². The Morgan fingerprint density at radius 3 is 3.06 bits per heavy atom. The molecular weight excluding hydrogens is 244 g/mol. The third-order valence-electron chi connectivity index (χ3n) is 4.03. The molecule has 2 atom stereocenters. The summed E-state index contributed by atoms with van der Waals surface area (Å²) in [5, 5.41) is 2.06. The molecule has 0 N–H and O–H groups in total. The smallest absolute Gasteiger partial charge is 0.164 e. The van der Waals surface area contributed by atoms with Crippen LogP contribution in [0, 0.1) is 5.92 Å². The monoisotopic (exact) mass is 266 g/mol. The van der Waals surface area contributed by atoms with Gasteiger partial charge in [0.25, 0.3) is 0 Å². The number of aryl methyl sites for hydroxylation is 1. The molecule has 1 aliphatic rings. The van der Waals surface area contributed by atoms with Crippen molar-refractivity contribution < 1.29 is 9.53 Å². The van der Waals surface area contributed by atoms with Gasteiger partial charge in [-0.3, -0.25) is 4.79 Å². The minimum absolute atomic E-state index is 0.296. The van der Waals surface area contributed by atoms with Crippen LogP contribution in [0.15, 0.2) is 17.5 Å². The van der Waals surface area contributed by atoms with E-state index in [1.807, 2.05) is 6.07 Å². The largest absolute Gasteiger partial charge is 0.370 e. The minimum atomic E-state index is -0.491. The molecule has 0 bridgehead atoms. The Kier molecular flexibility index (Phi) is 4.57. The van der Waals surface area contributed by atoms with Gasteiger partial charge in [-0.25, -0.2) is 0 Å². The molecule has 0 amide bonds. The molecular formula is C15H22O2S. The number of thiophene rings is 1. The first kappa shape index (κ1) is 13.8. The highest BCUT2D eigenvalue weighted by atomic mass is 32.1. The topological polar surface area (TPSA) is 26.3 Å². The predicted octanol–water partition coefficient (Wildman–Crippen LogP) is 3.85. The summed E-state index contributed by atoms with van der Waals surface area (Å²) in [6.45, 7) is 2.22. The van der Waals surface area contributed by atoms with Crippen molar-refractivity contribution in [3.05, 3.63) is 22.4 Å². The Morgan fingerprint density at radius 2 is 2.44 bits per heavy atom. The van der Waals surface area contributed by atoms with Crippen molar-refractivity contribution in [2.75, 3.05) is 7.11 Å². The van der Waals surface area contributed by atoms with Crippen molar-refractivity contribution in [2.45, 2.75) is 51.0 Å². The second-order valence-electron chi connectivity index (χ2n) is 5.40. The van der Waals surface area contributed by atoms with Gasteiger partial charge in [0.05, 0.1) is 0 Å². The number of hydrogen-bond acceptors (Lipinski definition) is 3. The van der Waals surface area contributed by atoms with Crippen molar-refractivity contribution >= 4 is 17.1 Å². The van der Waals surface area contributed by atoms with Crippen LogP contribution >= 0.6 is 11.3 Å². The quantitative estimate of drug-likeness (QED) is 0.809. The van der Waals surface area contributed by atoms with E-state index < -0.39 is 5.60 Å². The van der Waals surface area contributed by atoms with Crippen LogP contribution in [0.5, 0.6) is 0 Å². The Morgan fingerprint density at radius 1 is 1.61 bits per heavy atom. The van der Waals surface area contributed by atoms with Crippen molar-refractivity contribution in [3.8, 4) is 0 Å². The van der Waals surface area contributed by atoms with E-state index in [1.54, 1.807) is 18.4 Å². The summed E-state index contributed by atoms with van der Waals surface area (Å²) in [5.41, 5.74) is -0.491. The van der Waals surface area contributed by atoms with Crippen LogP contribution in [-0.2, 0) is 16.0 Å². The van der Waals surface area contributed by atoms with Gasteiger partial charge in [-0.1, -0.05) is 19.4 Å². The molecule has 0 spiro atoms. The molecule has 0 saturated heterocycles. The van der Waals surface area contributed by atoms with Gasteiger partial charge >= 0.3 is 0 Å². The summed E-state index contributed by atoms with van der Waals surface area (Å²) in [5.74, 6) is 0.898. The van der Waals surface area contributed by atoms with Crippen molar-refractivity contribution in [2.24, 2.45) is 5.92 Å². The lowest BCUT2D eigenvalue weighted by Gasteiger charge is -2.37. The van der Waals surface area contributed by atoms with Crippen LogP contribution in [0.25, 0.3) is 0 Å². The normalized spacial score (nSPS) is 28.2. The van der Waals surface area contributed by atoms with Gasteiger partial charge in [0.1, 0.15) is 5.60 Å². The Hall–Kier alpha value is -0.670. The molecule has 2 nitrogen and oxygen atoms in total. The number of hydrogen-bond donors (Lipinski definition) is 0. The van der Waals surface area contributed by atoms with Crippen molar-refractivity contribution in [1.82, 2.24) is 0 Å². The fraction of sp³-hybridized carbons (Fsp3) is 0.667. The first-order valence-corrected chi connectivity index (χ1v) is 7.65. The second kappa shape index (κ2) is 5.98. The zero-order chi connectivity index (χ0) is 13.0. The molecule has 100 valence electrons. The predicted molar refractivity (Wildman–Crippen MR) is 75.0 cm³/mol. The molecule has 1 fully saturated rings. The maximum absolute atomic E-state index is 12.5. The van der Waals surface area contributed by atoms with E-state index in [0.29, 0.717) is 18.1 Å². The molecule has 1 aliphatic carbocycles. The van der Waals surface area contributed by atoms with Crippen molar-refractivity contribution in [3.63, 3.8) is 0 Å². The molecule has 0 aliphatic heterocycles. The van der Waals surface area contributed by atoms with E-state index in [1.165, 1.54) is 11.3 Å². The molecule has 2 rings (SSSR count). The standard InChI is InChI=1S/C15H22O2S/c1-12-5-3-9-15(11-12,17-2)14(16)8-7-13-6-4-10-18-13/h4,6,10,12H,3,5,7-9,11H2,1-2H3. The highest BCUT2D eigenvalue weighted by Gasteiger charge is 2.40. The highest BCUT2D eigenvalue weighted by molar-refractivity contribution is 7.09. The van der Waals surface area contributed by atoms with E-state index in [-0.39, 0.29) is 0 Å². The Bertz CT molecular complexity index is 385. The summed E-state index contributed by atoms with van der Waals surface area (Å²) >= 11 is 1.73. The lowest BCUT2D eigenvalue weighted by atomic mass is 9.75. The van der Waals surface area contributed by atoms with Gasteiger partial charge in [-0.05, 0) is 43.0 Å². The first-order chi connectivity index (χ1) is 8.66. The molecule has 0 aromatic carbocycles. The molecule has 1 aromatic heterocycles. The van der Waals surface area contributed by atoms with Crippen molar-refractivity contribution in [1.29, 1.82) is 0 Å². The zero-order valence-corrected chi connectivity index (χ0v) is 12.1. The van der Waals surface area contributed by atoms with E-state index in [2.05, 4.69) is 18.4 Å². The number of Topliss-reactive ketones (excluding diaryl/α,β-unsaturated/α-hetero) is 1. The lowest BCUT2D eigenvalue weighted by Crippen LogP contribution is -2.44. The van der Waals surface area contributed by atoms with E-state index >= 15 is 0 Å². The molecule has 2 unspecified atom stereocenters. The Balaban J connectivity index is 1.96. The summed E-state index contributed by atoms with van der Waals surface area (Å²) < 4.78 is 5.63. The molecule has 1 saturated carbocycles. The molecule has 1 aromatic rings. The zero-order valence-electron chi connectivity index (χ0n) is 11.3. The molecule has 1 heterocycles. The first-order valence-electron chi connectivity index (χ1n) is 6.77. The number of ether oxygens (including phenoxy) is 1. The Labute approximate surface area is 113 Å². The van der Waals surface area contributed by atoms with Crippen LogP contribution in [0.4, 0.5) is 0 Å².